The number of hydrogen-bond donors (Lipinski definition) is 0. The minimum atomic E-state index is -0.128. The summed E-state index contributed by atoms with van der Waals surface area (Å²) in [6.07, 6.45) is 3.60. The predicted molar refractivity (Wildman–Crippen MR) is 111 cm³/mol. The second kappa shape index (κ2) is 7.34. The molecule has 0 saturated heterocycles. The molecule has 0 aliphatic carbocycles. The maximum atomic E-state index is 12.3. The molecule has 4 rings (SSSR count). The molecule has 5 nitrogen and oxygen atoms in total. The van der Waals surface area contributed by atoms with Crippen LogP contribution in [0.4, 0.5) is 0 Å². The normalized spacial score (nSPS) is 11.1. The number of halogens is 2. The molecule has 4 aromatic rings. The van der Waals surface area contributed by atoms with Crippen molar-refractivity contribution in [3.8, 4) is 11.4 Å². The number of aromatic nitrogens is 3. The summed E-state index contributed by atoms with van der Waals surface area (Å²) < 4.78 is 9.55. The van der Waals surface area contributed by atoms with E-state index in [9.17, 15) is 4.79 Å². The fourth-order valence-electron chi connectivity index (χ4n) is 3.03. The highest BCUT2D eigenvalue weighted by atomic mass is 35.5. The molecule has 28 heavy (non-hydrogen) atoms. The number of hydrogen-bond acceptors (Lipinski definition) is 3. The topological polar surface area (TPSA) is 48.5 Å². The first-order valence-electron chi connectivity index (χ1n) is 8.69. The highest BCUT2D eigenvalue weighted by Crippen LogP contribution is 2.29. The van der Waals surface area contributed by atoms with Crippen LogP contribution in [0, 0.1) is 13.8 Å². The van der Waals surface area contributed by atoms with Crippen molar-refractivity contribution in [2.24, 2.45) is 0 Å². The summed E-state index contributed by atoms with van der Waals surface area (Å²) in [7, 11) is 0. The number of aryl methyl sites for hydroxylation is 2. The molecule has 3 aromatic heterocycles. The van der Waals surface area contributed by atoms with E-state index >= 15 is 0 Å². The molecule has 0 N–H and O–H groups in total. The van der Waals surface area contributed by atoms with Crippen LogP contribution < -0.4 is 10.3 Å². The van der Waals surface area contributed by atoms with E-state index < -0.39 is 0 Å². The van der Waals surface area contributed by atoms with E-state index in [2.05, 4.69) is 4.98 Å². The second-order valence-corrected chi connectivity index (χ2v) is 7.25. The smallest absolute Gasteiger partial charge is 0.255 e. The maximum Gasteiger partial charge on any atom is 0.255 e. The van der Waals surface area contributed by atoms with Crippen LogP contribution in [-0.2, 0) is 6.61 Å². The zero-order valence-electron chi connectivity index (χ0n) is 15.3. The Morgan fingerprint density at radius 1 is 1.07 bits per heavy atom. The largest absolute Gasteiger partial charge is 0.485 e. The fraction of sp³-hybridized carbons (Fsp3) is 0.143. The van der Waals surface area contributed by atoms with E-state index in [-0.39, 0.29) is 12.2 Å². The third kappa shape index (κ3) is 3.28. The van der Waals surface area contributed by atoms with Crippen molar-refractivity contribution in [1.29, 1.82) is 0 Å². The van der Waals surface area contributed by atoms with Crippen molar-refractivity contribution in [2.45, 2.75) is 20.5 Å². The molecular formula is C21H17Cl2N3O2. The molecule has 0 spiro atoms. The minimum absolute atomic E-state index is 0.128. The molecule has 0 unspecified atom stereocenters. The lowest BCUT2D eigenvalue weighted by Gasteiger charge is -2.13. The molecule has 0 fully saturated rings. The Bertz CT molecular complexity index is 1220. The molecule has 0 bridgehead atoms. The van der Waals surface area contributed by atoms with Crippen molar-refractivity contribution in [2.75, 3.05) is 0 Å². The van der Waals surface area contributed by atoms with Crippen LogP contribution in [0.15, 0.2) is 59.7 Å². The second-order valence-electron chi connectivity index (χ2n) is 6.44. The van der Waals surface area contributed by atoms with Gasteiger partial charge >= 0.3 is 0 Å². The van der Waals surface area contributed by atoms with Gasteiger partial charge in [-0.15, -0.1) is 0 Å². The van der Waals surface area contributed by atoms with Crippen LogP contribution in [0.5, 0.6) is 5.75 Å². The number of ether oxygens (including phenoxy) is 1. The summed E-state index contributed by atoms with van der Waals surface area (Å²) in [6.45, 7) is 4.10. The van der Waals surface area contributed by atoms with Crippen LogP contribution in [0.2, 0.25) is 10.0 Å². The number of pyridine rings is 2. The Morgan fingerprint density at radius 2 is 1.82 bits per heavy atom. The molecular weight excluding hydrogens is 397 g/mol. The van der Waals surface area contributed by atoms with E-state index in [0.29, 0.717) is 32.7 Å². The highest BCUT2D eigenvalue weighted by molar-refractivity contribution is 6.35. The molecule has 0 radical (unpaired) electrons. The Hall–Kier alpha value is -2.76. The number of rotatable bonds is 4. The van der Waals surface area contributed by atoms with Crippen LogP contribution in [0.1, 0.15) is 17.0 Å². The van der Waals surface area contributed by atoms with Gasteiger partial charge in [-0.25, -0.2) is 4.98 Å². The Balaban J connectivity index is 1.84. The van der Waals surface area contributed by atoms with Gasteiger partial charge < -0.3 is 4.74 Å². The lowest BCUT2D eigenvalue weighted by Crippen LogP contribution is -2.16. The van der Waals surface area contributed by atoms with Crippen molar-refractivity contribution in [1.82, 2.24) is 14.0 Å². The van der Waals surface area contributed by atoms with Gasteiger partial charge in [0.2, 0.25) is 0 Å². The first kappa shape index (κ1) is 18.6. The lowest BCUT2D eigenvalue weighted by molar-refractivity contribution is 0.308. The number of benzene rings is 1. The van der Waals surface area contributed by atoms with Crippen LogP contribution in [-0.4, -0.2) is 14.0 Å². The van der Waals surface area contributed by atoms with Gasteiger partial charge in [0.05, 0.1) is 11.4 Å². The first-order valence-corrected chi connectivity index (χ1v) is 9.44. The number of fused-ring (bicyclic) bond motifs is 1. The van der Waals surface area contributed by atoms with Gasteiger partial charge in [-0.3, -0.25) is 13.8 Å². The van der Waals surface area contributed by atoms with Gasteiger partial charge in [-0.1, -0.05) is 35.3 Å². The van der Waals surface area contributed by atoms with Crippen molar-refractivity contribution in [3.05, 3.63) is 92.2 Å². The van der Waals surface area contributed by atoms with E-state index in [4.69, 9.17) is 27.9 Å². The van der Waals surface area contributed by atoms with Gasteiger partial charge in [0.1, 0.15) is 6.61 Å². The van der Waals surface area contributed by atoms with E-state index in [0.717, 1.165) is 11.4 Å². The van der Waals surface area contributed by atoms with Crippen molar-refractivity contribution < 1.29 is 4.74 Å². The molecule has 7 heteroatoms. The van der Waals surface area contributed by atoms with Crippen LogP contribution in [0.25, 0.3) is 11.3 Å². The summed E-state index contributed by atoms with van der Waals surface area (Å²) in [6, 6.07) is 12.2. The number of imidazole rings is 1. The SMILES string of the molecule is Cc1nc2c(OCc3c(Cl)cccc3Cl)cc(-n3ccccc3=O)cn2c1C. The van der Waals surface area contributed by atoms with Gasteiger partial charge in [-0.2, -0.15) is 0 Å². The summed E-state index contributed by atoms with van der Waals surface area (Å²) in [5, 5.41) is 1.07. The summed E-state index contributed by atoms with van der Waals surface area (Å²) in [4.78, 5) is 16.9. The molecule has 3 heterocycles. The van der Waals surface area contributed by atoms with Gasteiger partial charge in [-0.05, 0) is 32.0 Å². The standard InChI is InChI=1S/C21H17Cl2N3O2/c1-13-14(2)26-11-15(25-9-4-3-8-20(25)27)10-19(21(26)24-13)28-12-16-17(22)6-5-7-18(16)23/h3-11H,12H2,1-2H3. The quantitative estimate of drug-likeness (QED) is 0.473. The third-order valence-electron chi connectivity index (χ3n) is 4.68. The predicted octanol–water partition coefficient (Wildman–Crippen LogP) is 4.99. The number of nitrogens with zero attached hydrogens (tertiary/aromatic N) is 3. The highest BCUT2D eigenvalue weighted by Gasteiger charge is 2.15. The van der Waals surface area contributed by atoms with Crippen LogP contribution in [0.3, 0.4) is 0 Å². The molecule has 1 aromatic carbocycles. The van der Waals surface area contributed by atoms with E-state index in [1.54, 1.807) is 41.1 Å². The monoisotopic (exact) mass is 413 g/mol. The molecule has 142 valence electrons. The zero-order chi connectivity index (χ0) is 19.8. The van der Waals surface area contributed by atoms with Gasteiger partial charge in [0.15, 0.2) is 11.4 Å². The molecule has 0 atom stereocenters. The molecule has 0 aliphatic heterocycles. The minimum Gasteiger partial charge on any atom is -0.485 e. The molecule has 0 saturated carbocycles. The van der Waals surface area contributed by atoms with Crippen molar-refractivity contribution in [3.63, 3.8) is 0 Å². The first-order chi connectivity index (χ1) is 13.5. The lowest BCUT2D eigenvalue weighted by atomic mass is 10.2. The Morgan fingerprint density at radius 3 is 2.54 bits per heavy atom. The van der Waals surface area contributed by atoms with Gasteiger partial charge in [0, 0.05) is 45.8 Å². The average molecular weight is 414 g/mol. The average Bonchev–Trinajstić information content (AvgIpc) is 2.96. The fourth-order valence-corrected chi connectivity index (χ4v) is 3.53. The summed E-state index contributed by atoms with van der Waals surface area (Å²) >= 11 is 12.5. The van der Waals surface area contributed by atoms with Gasteiger partial charge in [0.25, 0.3) is 5.56 Å². The summed E-state index contributed by atoms with van der Waals surface area (Å²) in [5.74, 6) is 0.542. The summed E-state index contributed by atoms with van der Waals surface area (Å²) in [5.41, 5.74) is 3.78. The molecule has 0 aliphatic rings. The zero-order valence-corrected chi connectivity index (χ0v) is 16.8. The van der Waals surface area contributed by atoms with E-state index in [1.165, 1.54) is 6.07 Å². The Kier molecular flexibility index (Phi) is 4.87. The van der Waals surface area contributed by atoms with Crippen LogP contribution >= 0.6 is 23.2 Å². The molecule has 0 amide bonds. The maximum absolute atomic E-state index is 12.3. The van der Waals surface area contributed by atoms with E-state index in [1.807, 2.05) is 30.5 Å². The van der Waals surface area contributed by atoms with Crippen molar-refractivity contribution >= 4 is 28.8 Å². The Labute approximate surface area is 171 Å². The third-order valence-corrected chi connectivity index (χ3v) is 5.39.